The van der Waals surface area contributed by atoms with Crippen LogP contribution in [0.2, 0.25) is 0 Å². The quantitative estimate of drug-likeness (QED) is 0.783. The molecular formula is C18H27N3O3S2. The van der Waals surface area contributed by atoms with Gasteiger partial charge < -0.3 is 4.90 Å². The summed E-state index contributed by atoms with van der Waals surface area (Å²) in [6.07, 6.45) is 5.24. The zero-order valence-electron chi connectivity index (χ0n) is 15.3. The predicted octanol–water partition coefficient (Wildman–Crippen LogP) is 1.97. The lowest BCUT2D eigenvalue weighted by molar-refractivity contribution is 0.0699. The maximum absolute atomic E-state index is 12.9. The van der Waals surface area contributed by atoms with E-state index in [4.69, 9.17) is 0 Å². The first kappa shape index (κ1) is 18.4. The lowest BCUT2D eigenvalue weighted by Crippen LogP contribution is -2.53. The fourth-order valence-corrected chi connectivity index (χ4v) is 7.02. The monoisotopic (exact) mass is 397 g/mol. The molecule has 0 spiro atoms. The van der Waals surface area contributed by atoms with Gasteiger partial charge in [-0.2, -0.15) is 17.0 Å². The molecule has 3 aliphatic rings. The van der Waals surface area contributed by atoms with E-state index in [1.165, 1.54) is 16.9 Å². The van der Waals surface area contributed by atoms with Gasteiger partial charge in [0.15, 0.2) is 0 Å². The van der Waals surface area contributed by atoms with Gasteiger partial charge in [-0.15, -0.1) is 11.3 Å². The topological polar surface area (TPSA) is 60.9 Å². The predicted molar refractivity (Wildman–Crippen MR) is 103 cm³/mol. The maximum Gasteiger partial charge on any atom is 0.282 e. The van der Waals surface area contributed by atoms with Crippen LogP contribution in [0.5, 0.6) is 0 Å². The Morgan fingerprint density at radius 2 is 1.73 bits per heavy atom. The summed E-state index contributed by atoms with van der Waals surface area (Å²) in [7, 11) is -3.35. The molecule has 0 N–H and O–H groups in total. The standard InChI is InChI=1S/C18H27N3O3S2/c1-14-4-5-16-15(12-14)13-17(25-16)18(22)19-8-10-21(11-9-19)26(23,24)20-6-2-3-7-20/h13-14H,2-12H2,1H3. The van der Waals surface area contributed by atoms with E-state index in [0.29, 0.717) is 45.2 Å². The number of fused-ring (bicyclic) bond motifs is 1. The van der Waals surface area contributed by atoms with Crippen LogP contribution < -0.4 is 0 Å². The van der Waals surface area contributed by atoms with Crippen molar-refractivity contribution in [1.29, 1.82) is 0 Å². The van der Waals surface area contributed by atoms with Crippen molar-refractivity contribution in [3.63, 3.8) is 0 Å². The van der Waals surface area contributed by atoms with Crippen LogP contribution in [0.3, 0.4) is 0 Å². The van der Waals surface area contributed by atoms with Crippen molar-refractivity contribution in [3.05, 3.63) is 21.4 Å². The number of hydrogen-bond donors (Lipinski definition) is 0. The van der Waals surface area contributed by atoms with Gasteiger partial charge in [-0.05, 0) is 49.7 Å². The Balaban J connectivity index is 1.39. The van der Waals surface area contributed by atoms with Gasteiger partial charge in [0.1, 0.15) is 0 Å². The molecule has 3 heterocycles. The third-order valence-corrected chi connectivity index (χ3v) is 9.04. The van der Waals surface area contributed by atoms with E-state index in [-0.39, 0.29) is 5.91 Å². The third-order valence-electron chi connectivity index (χ3n) is 5.78. The molecular weight excluding hydrogens is 370 g/mol. The summed E-state index contributed by atoms with van der Waals surface area (Å²) >= 11 is 1.63. The SMILES string of the molecule is CC1CCc2sc(C(=O)N3CCN(S(=O)(=O)N4CCCC4)CC3)cc2C1. The number of thiophene rings is 1. The zero-order chi connectivity index (χ0) is 18.3. The number of amides is 1. The largest absolute Gasteiger partial charge is 0.335 e. The van der Waals surface area contributed by atoms with Gasteiger partial charge in [0, 0.05) is 44.1 Å². The normalized spacial score (nSPS) is 25.4. The van der Waals surface area contributed by atoms with Crippen molar-refractivity contribution in [2.75, 3.05) is 39.3 Å². The van der Waals surface area contributed by atoms with Crippen LogP contribution in [-0.4, -0.2) is 67.1 Å². The van der Waals surface area contributed by atoms with Gasteiger partial charge >= 0.3 is 0 Å². The average molecular weight is 398 g/mol. The number of piperazine rings is 1. The highest BCUT2D eigenvalue weighted by atomic mass is 32.2. The molecule has 0 radical (unpaired) electrons. The molecule has 2 fully saturated rings. The van der Waals surface area contributed by atoms with E-state index >= 15 is 0 Å². The van der Waals surface area contributed by atoms with Crippen molar-refractivity contribution in [1.82, 2.24) is 13.5 Å². The maximum atomic E-state index is 12.9. The van der Waals surface area contributed by atoms with E-state index in [1.807, 2.05) is 4.90 Å². The molecule has 1 aliphatic carbocycles. The molecule has 26 heavy (non-hydrogen) atoms. The Morgan fingerprint density at radius 3 is 2.42 bits per heavy atom. The summed E-state index contributed by atoms with van der Waals surface area (Å²) in [5, 5.41) is 0. The van der Waals surface area contributed by atoms with E-state index in [9.17, 15) is 13.2 Å². The van der Waals surface area contributed by atoms with E-state index in [2.05, 4.69) is 13.0 Å². The van der Waals surface area contributed by atoms with Crippen LogP contribution in [0.1, 0.15) is 46.3 Å². The van der Waals surface area contributed by atoms with Crippen LogP contribution >= 0.6 is 11.3 Å². The molecule has 4 rings (SSSR count). The van der Waals surface area contributed by atoms with Crippen molar-refractivity contribution >= 4 is 27.5 Å². The summed E-state index contributed by atoms with van der Waals surface area (Å²) in [4.78, 5) is 16.9. The first-order chi connectivity index (χ1) is 12.4. The zero-order valence-corrected chi connectivity index (χ0v) is 16.9. The lowest BCUT2D eigenvalue weighted by Gasteiger charge is -2.35. The van der Waals surface area contributed by atoms with Crippen molar-refractivity contribution in [2.24, 2.45) is 5.92 Å². The summed E-state index contributed by atoms with van der Waals surface area (Å²) < 4.78 is 28.4. The third kappa shape index (κ3) is 3.44. The number of carbonyl (C=O) groups is 1. The van der Waals surface area contributed by atoms with Crippen LogP contribution in [-0.2, 0) is 23.1 Å². The molecule has 0 aromatic carbocycles. The van der Waals surface area contributed by atoms with Crippen LogP contribution in [0.25, 0.3) is 0 Å². The molecule has 0 saturated carbocycles. The minimum atomic E-state index is -3.35. The Morgan fingerprint density at radius 1 is 1.08 bits per heavy atom. The van der Waals surface area contributed by atoms with Gasteiger partial charge in [0.25, 0.3) is 16.1 Å². The average Bonchev–Trinajstić information content (AvgIpc) is 3.31. The smallest absolute Gasteiger partial charge is 0.282 e. The summed E-state index contributed by atoms with van der Waals surface area (Å²) in [5.74, 6) is 0.759. The summed E-state index contributed by atoms with van der Waals surface area (Å²) in [6, 6.07) is 2.07. The first-order valence-electron chi connectivity index (χ1n) is 9.61. The van der Waals surface area contributed by atoms with Crippen LogP contribution in [0.4, 0.5) is 0 Å². The second kappa shape index (κ2) is 7.22. The Bertz CT molecular complexity index is 776. The molecule has 8 heteroatoms. The highest BCUT2D eigenvalue weighted by Crippen LogP contribution is 2.33. The Labute approximate surface area is 160 Å². The molecule has 2 aliphatic heterocycles. The molecule has 1 aromatic heterocycles. The van der Waals surface area contributed by atoms with Crippen LogP contribution in [0.15, 0.2) is 6.07 Å². The summed E-state index contributed by atoms with van der Waals surface area (Å²) in [5.41, 5.74) is 1.34. The molecule has 144 valence electrons. The number of rotatable bonds is 3. The van der Waals surface area contributed by atoms with Gasteiger partial charge in [-0.3, -0.25) is 4.79 Å². The highest BCUT2D eigenvalue weighted by Gasteiger charge is 2.35. The molecule has 1 aromatic rings. The minimum absolute atomic E-state index is 0.0651. The van der Waals surface area contributed by atoms with E-state index < -0.39 is 10.2 Å². The second-order valence-electron chi connectivity index (χ2n) is 7.71. The molecule has 0 bridgehead atoms. The highest BCUT2D eigenvalue weighted by molar-refractivity contribution is 7.86. The second-order valence-corrected chi connectivity index (χ2v) is 10.8. The number of carbonyl (C=O) groups excluding carboxylic acids is 1. The fraction of sp³-hybridized carbons (Fsp3) is 0.722. The van der Waals surface area contributed by atoms with Gasteiger partial charge in [-0.1, -0.05) is 6.92 Å². The molecule has 1 unspecified atom stereocenters. The first-order valence-corrected chi connectivity index (χ1v) is 11.8. The van der Waals surface area contributed by atoms with Crippen molar-refractivity contribution in [3.8, 4) is 0 Å². The fourth-order valence-electron chi connectivity index (χ4n) is 4.17. The van der Waals surface area contributed by atoms with Gasteiger partial charge in [-0.25, -0.2) is 0 Å². The molecule has 1 atom stereocenters. The summed E-state index contributed by atoms with van der Waals surface area (Å²) in [6.45, 7) is 5.26. The Kier molecular flexibility index (Phi) is 5.11. The van der Waals surface area contributed by atoms with Gasteiger partial charge in [0.2, 0.25) is 0 Å². The van der Waals surface area contributed by atoms with Crippen molar-refractivity contribution in [2.45, 2.75) is 39.0 Å². The van der Waals surface area contributed by atoms with E-state index in [0.717, 1.165) is 30.6 Å². The van der Waals surface area contributed by atoms with Gasteiger partial charge in [0.05, 0.1) is 4.88 Å². The van der Waals surface area contributed by atoms with Crippen molar-refractivity contribution < 1.29 is 13.2 Å². The Hall–Kier alpha value is -0.960. The number of nitrogens with zero attached hydrogens (tertiary/aromatic N) is 3. The lowest BCUT2D eigenvalue weighted by atomic mass is 9.90. The van der Waals surface area contributed by atoms with E-state index in [1.54, 1.807) is 19.9 Å². The molecule has 1 amide bonds. The molecule has 2 saturated heterocycles. The number of hydrogen-bond acceptors (Lipinski definition) is 4. The minimum Gasteiger partial charge on any atom is -0.335 e. The molecule has 6 nitrogen and oxygen atoms in total. The number of aryl methyl sites for hydroxylation is 1. The van der Waals surface area contributed by atoms with Crippen LogP contribution in [0, 0.1) is 5.92 Å².